The fourth-order valence-electron chi connectivity index (χ4n) is 7.20. The molecule has 2 heteroatoms. The van der Waals surface area contributed by atoms with Crippen LogP contribution in [0, 0.1) is 6.92 Å². The van der Waals surface area contributed by atoms with Gasteiger partial charge in [-0.25, -0.2) is 0 Å². The maximum Gasteiger partial charge on any atom is 0.0465 e. The Bertz CT molecular complexity index is 2200. The Kier molecular flexibility index (Phi) is 7.07. The summed E-state index contributed by atoms with van der Waals surface area (Å²) in [4.78, 5) is 6.70. The summed E-state index contributed by atoms with van der Waals surface area (Å²) in [5.41, 5.74) is 17.2. The van der Waals surface area contributed by atoms with Gasteiger partial charge in [0.05, 0.1) is 0 Å². The molecular weight excluding hydrogens is 569 g/mol. The zero-order valence-corrected chi connectivity index (χ0v) is 27.0. The van der Waals surface area contributed by atoms with Crippen molar-refractivity contribution in [2.45, 2.75) is 26.2 Å². The van der Waals surface area contributed by atoms with Gasteiger partial charge < -0.3 is 4.90 Å². The third kappa shape index (κ3) is 5.13. The Labute approximate surface area is 277 Å². The van der Waals surface area contributed by atoms with Crippen molar-refractivity contribution in [3.8, 4) is 44.5 Å². The molecule has 0 saturated carbocycles. The molecule has 1 heterocycles. The first-order valence-electron chi connectivity index (χ1n) is 16.3. The highest BCUT2D eigenvalue weighted by Crippen LogP contribution is 2.50. The number of aryl methyl sites for hydroxylation is 1. The van der Waals surface area contributed by atoms with Crippen LogP contribution in [0.25, 0.3) is 44.5 Å². The van der Waals surface area contributed by atoms with Crippen molar-refractivity contribution in [2.24, 2.45) is 0 Å². The topological polar surface area (TPSA) is 16.1 Å². The quantitative estimate of drug-likeness (QED) is 0.188. The monoisotopic (exact) mass is 604 g/mol. The lowest BCUT2D eigenvalue weighted by atomic mass is 9.82. The fourth-order valence-corrected chi connectivity index (χ4v) is 7.20. The molecule has 0 N–H and O–H groups in total. The molecule has 226 valence electrons. The van der Waals surface area contributed by atoms with Crippen LogP contribution >= 0.6 is 0 Å². The third-order valence-electron chi connectivity index (χ3n) is 9.72. The largest absolute Gasteiger partial charge is 0.310 e. The second-order valence-corrected chi connectivity index (χ2v) is 13.0. The molecule has 0 saturated heterocycles. The van der Waals surface area contributed by atoms with Gasteiger partial charge in [0.2, 0.25) is 0 Å². The molecule has 47 heavy (non-hydrogen) atoms. The highest BCUT2D eigenvalue weighted by molar-refractivity contribution is 5.86. The van der Waals surface area contributed by atoms with Crippen LogP contribution in [0.5, 0.6) is 0 Å². The number of fused-ring (bicyclic) bond motifs is 3. The molecule has 6 aromatic carbocycles. The van der Waals surface area contributed by atoms with E-state index in [1.54, 1.807) is 0 Å². The number of anilines is 3. The number of aromatic nitrogens is 1. The standard InChI is InChI=1S/C45H36N2/c1-31-28-35(19-25-40(31)34-10-5-4-6-11-34)32-15-20-37(21-16-32)47(38-22-17-33(18-23-38)36-12-9-27-46-30-36)39-24-26-42-41-13-7-8-14-43(41)45(2,3)44(42)29-39/h4-30H,1-3H3. The normalized spacial score (nSPS) is 12.7. The number of hydrogen-bond donors (Lipinski definition) is 0. The molecule has 1 aromatic heterocycles. The van der Waals surface area contributed by atoms with E-state index in [4.69, 9.17) is 0 Å². The highest BCUT2D eigenvalue weighted by Gasteiger charge is 2.35. The summed E-state index contributed by atoms with van der Waals surface area (Å²) >= 11 is 0. The number of pyridine rings is 1. The summed E-state index contributed by atoms with van der Waals surface area (Å²) in [5, 5.41) is 0. The fraction of sp³-hybridized carbons (Fsp3) is 0.0889. The molecule has 7 aromatic rings. The van der Waals surface area contributed by atoms with Gasteiger partial charge in [0.25, 0.3) is 0 Å². The highest BCUT2D eigenvalue weighted by atomic mass is 15.1. The lowest BCUT2D eigenvalue weighted by Crippen LogP contribution is -2.16. The maximum absolute atomic E-state index is 4.33. The van der Waals surface area contributed by atoms with E-state index in [-0.39, 0.29) is 5.41 Å². The van der Waals surface area contributed by atoms with Crippen molar-refractivity contribution in [3.63, 3.8) is 0 Å². The van der Waals surface area contributed by atoms with Gasteiger partial charge in [-0.1, -0.05) is 123 Å². The summed E-state index contributed by atoms with van der Waals surface area (Å²) in [7, 11) is 0. The third-order valence-corrected chi connectivity index (χ3v) is 9.72. The van der Waals surface area contributed by atoms with Gasteiger partial charge in [-0.2, -0.15) is 0 Å². The molecule has 0 unspecified atom stereocenters. The molecular formula is C45H36N2. The van der Waals surface area contributed by atoms with Gasteiger partial charge in [-0.3, -0.25) is 4.98 Å². The summed E-state index contributed by atoms with van der Waals surface area (Å²) in [6.07, 6.45) is 3.73. The predicted octanol–water partition coefficient (Wildman–Crippen LogP) is 12.2. The zero-order valence-electron chi connectivity index (χ0n) is 27.0. The van der Waals surface area contributed by atoms with E-state index in [0.717, 1.165) is 28.2 Å². The molecule has 1 aliphatic rings. The maximum atomic E-state index is 4.33. The summed E-state index contributed by atoms with van der Waals surface area (Å²) < 4.78 is 0. The summed E-state index contributed by atoms with van der Waals surface area (Å²) in [6, 6.07) is 55.1. The van der Waals surface area contributed by atoms with Crippen LogP contribution in [0.15, 0.2) is 164 Å². The molecule has 0 atom stereocenters. The first-order valence-corrected chi connectivity index (χ1v) is 16.3. The van der Waals surface area contributed by atoms with Crippen LogP contribution in [-0.4, -0.2) is 4.98 Å². The van der Waals surface area contributed by atoms with E-state index < -0.39 is 0 Å². The zero-order chi connectivity index (χ0) is 32.0. The van der Waals surface area contributed by atoms with Crippen LogP contribution < -0.4 is 4.90 Å². The van der Waals surface area contributed by atoms with E-state index in [1.165, 1.54) is 50.1 Å². The van der Waals surface area contributed by atoms with Crippen molar-refractivity contribution >= 4 is 17.1 Å². The second kappa shape index (κ2) is 11.6. The van der Waals surface area contributed by atoms with Crippen molar-refractivity contribution in [1.29, 1.82) is 0 Å². The Hall–Kier alpha value is -5.73. The minimum absolute atomic E-state index is 0.0780. The van der Waals surface area contributed by atoms with Gasteiger partial charge in [-0.15, -0.1) is 0 Å². The average molecular weight is 605 g/mol. The van der Waals surface area contributed by atoms with Gasteiger partial charge in [0, 0.05) is 34.9 Å². The number of benzene rings is 6. The predicted molar refractivity (Wildman–Crippen MR) is 198 cm³/mol. The van der Waals surface area contributed by atoms with Gasteiger partial charge >= 0.3 is 0 Å². The SMILES string of the molecule is Cc1cc(-c2ccc(N(c3ccc(-c4cccnc4)cc3)c3ccc4c(c3)C(C)(C)c3ccccc3-4)cc2)ccc1-c1ccccc1. The minimum Gasteiger partial charge on any atom is -0.310 e. The van der Waals surface area contributed by atoms with Gasteiger partial charge in [0.15, 0.2) is 0 Å². The van der Waals surface area contributed by atoms with Crippen LogP contribution in [0.4, 0.5) is 17.1 Å². The Morgan fingerprint density at radius 1 is 0.447 bits per heavy atom. The molecule has 1 aliphatic carbocycles. The van der Waals surface area contributed by atoms with Crippen LogP contribution in [-0.2, 0) is 5.41 Å². The van der Waals surface area contributed by atoms with E-state index in [9.17, 15) is 0 Å². The van der Waals surface area contributed by atoms with E-state index in [0.29, 0.717) is 0 Å². The molecule has 0 spiro atoms. The molecule has 2 nitrogen and oxygen atoms in total. The first kappa shape index (κ1) is 28.7. The van der Waals surface area contributed by atoms with E-state index >= 15 is 0 Å². The van der Waals surface area contributed by atoms with Crippen molar-refractivity contribution < 1.29 is 0 Å². The van der Waals surface area contributed by atoms with Crippen LogP contribution in [0.1, 0.15) is 30.5 Å². The van der Waals surface area contributed by atoms with Gasteiger partial charge in [-0.05, 0) is 111 Å². The van der Waals surface area contributed by atoms with Crippen molar-refractivity contribution in [2.75, 3.05) is 4.90 Å². The molecule has 0 bridgehead atoms. The Morgan fingerprint density at radius 2 is 1.02 bits per heavy atom. The molecule has 0 amide bonds. The first-order chi connectivity index (χ1) is 23.0. The van der Waals surface area contributed by atoms with Crippen molar-refractivity contribution in [1.82, 2.24) is 4.98 Å². The minimum atomic E-state index is -0.0780. The lowest BCUT2D eigenvalue weighted by molar-refractivity contribution is 0.660. The van der Waals surface area contributed by atoms with E-state index in [2.05, 4.69) is 176 Å². The Morgan fingerprint density at radius 3 is 1.70 bits per heavy atom. The van der Waals surface area contributed by atoms with Crippen LogP contribution in [0.2, 0.25) is 0 Å². The molecule has 0 fully saturated rings. The number of nitrogens with zero attached hydrogens (tertiary/aromatic N) is 2. The van der Waals surface area contributed by atoms with Crippen molar-refractivity contribution in [3.05, 3.63) is 181 Å². The Balaban J connectivity index is 1.19. The number of hydrogen-bond acceptors (Lipinski definition) is 2. The number of rotatable bonds is 6. The molecule has 0 radical (unpaired) electrons. The average Bonchev–Trinajstić information content (AvgIpc) is 3.35. The second-order valence-electron chi connectivity index (χ2n) is 13.0. The van der Waals surface area contributed by atoms with Gasteiger partial charge in [0.1, 0.15) is 0 Å². The summed E-state index contributed by atoms with van der Waals surface area (Å²) in [5.74, 6) is 0. The molecule has 0 aliphatic heterocycles. The summed E-state index contributed by atoms with van der Waals surface area (Å²) in [6.45, 7) is 6.88. The smallest absolute Gasteiger partial charge is 0.0465 e. The van der Waals surface area contributed by atoms with E-state index in [1.807, 2.05) is 18.5 Å². The van der Waals surface area contributed by atoms with Crippen LogP contribution in [0.3, 0.4) is 0 Å². The lowest BCUT2D eigenvalue weighted by Gasteiger charge is -2.28. The molecule has 8 rings (SSSR count).